The van der Waals surface area contributed by atoms with Crippen LogP contribution in [0.5, 0.6) is 11.5 Å². The first-order valence-electron chi connectivity index (χ1n) is 7.13. The van der Waals surface area contributed by atoms with E-state index >= 15 is 0 Å². The van der Waals surface area contributed by atoms with Gasteiger partial charge in [-0.2, -0.15) is 0 Å². The van der Waals surface area contributed by atoms with Crippen molar-refractivity contribution in [3.8, 4) is 11.5 Å². The summed E-state index contributed by atoms with van der Waals surface area (Å²) in [5, 5.41) is 10.0. The number of carboxylic acid groups (broad SMARTS) is 1. The number of carbonyl (C=O) groups is 3. The van der Waals surface area contributed by atoms with E-state index in [1.807, 2.05) is 0 Å². The molecule has 0 atom stereocenters. The van der Waals surface area contributed by atoms with Gasteiger partial charge in [-0.05, 0) is 48.4 Å². The van der Waals surface area contributed by atoms with Crippen molar-refractivity contribution in [2.75, 3.05) is 20.8 Å². The molecule has 0 saturated carbocycles. The Morgan fingerprint density at radius 2 is 1.96 bits per heavy atom. The highest BCUT2D eigenvalue weighted by Gasteiger charge is 2.34. The van der Waals surface area contributed by atoms with E-state index in [0.29, 0.717) is 17.1 Å². The molecule has 0 unspecified atom stereocenters. The molecule has 0 bridgehead atoms. The molecule has 1 aromatic rings. The molecule has 8 heteroatoms. The molecule has 1 heterocycles. The maximum absolute atomic E-state index is 12.3. The summed E-state index contributed by atoms with van der Waals surface area (Å²) in [6.07, 6.45) is 1.56. The molecule has 24 heavy (non-hydrogen) atoms. The molecule has 2 rings (SSSR count). The number of imide groups is 1. The van der Waals surface area contributed by atoms with Gasteiger partial charge in [-0.25, -0.2) is 0 Å². The second-order valence-corrected chi connectivity index (χ2v) is 5.92. The van der Waals surface area contributed by atoms with Gasteiger partial charge < -0.3 is 19.4 Å². The number of aliphatic carboxylic acids is 1. The summed E-state index contributed by atoms with van der Waals surface area (Å²) < 4.78 is 10.3. The fraction of sp³-hybridized carbons (Fsp3) is 0.312. The molecule has 1 fully saturated rings. The van der Waals surface area contributed by atoms with Crippen LogP contribution in [0.1, 0.15) is 18.4 Å². The fourth-order valence-corrected chi connectivity index (χ4v) is 3.03. The Labute approximate surface area is 143 Å². The minimum absolute atomic E-state index is 0.0575. The average molecular weight is 350 g/mol. The van der Waals surface area contributed by atoms with Crippen molar-refractivity contribution in [1.82, 2.24) is 4.90 Å². The Kier molecular flexibility index (Phi) is 5.86. The molecule has 0 spiro atoms. The first-order valence-corrected chi connectivity index (χ1v) is 7.95. The van der Waals surface area contributed by atoms with E-state index in [0.717, 1.165) is 16.7 Å². The van der Waals surface area contributed by atoms with Crippen molar-refractivity contribution in [2.24, 2.45) is 0 Å². The largest absolute Gasteiger partial charge is 0.550 e. The maximum atomic E-state index is 12.3. The van der Waals surface area contributed by atoms with Gasteiger partial charge in [0.05, 0.1) is 19.1 Å². The van der Waals surface area contributed by atoms with Crippen molar-refractivity contribution in [2.45, 2.75) is 12.8 Å². The highest BCUT2D eigenvalue weighted by Crippen LogP contribution is 2.34. The van der Waals surface area contributed by atoms with Gasteiger partial charge >= 0.3 is 0 Å². The van der Waals surface area contributed by atoms with E-state index in [-0.39, 0.29) is 24.3 Å². The van der Waals surface area contributed by atoms with Crippen LogP contribution in [-0.4, -0.2) is 42.8 Å². The minimum Gasteiger partial charge on any atom is -0.550 e. The normalized spacial score (nSPS) is 15.9. The quantitative estimate of drug-likeness (QED) is 0.683. The third-order valence-electron chi connectivity index (χ3n) is 3.34. The molecular weight excluding hydrogens is 334 g/mol. The summed E-state index contributed by atoms with van der Waals surface area (Å²) in [6.45, 7) is 0.0575. The maximum Gasteiger partial charge on any atom is 0.293 e. The number of carboxylic acids is 1. The topological polar surface area (TPSA) is 96.0 Å². The Hall–Kier alpha value is -2.48. The molecule has 128 valence electrons. The van der Waals surface area contributed by atoms with Crippen molar-refractivity contribution < 1.29 is 29.0 Å². The van der Waals surface area contributed by atoms with E-state index in [9.17, 15) is 19.5 Å². The molecule has 0 radical (unpaired) electrons. The van der Waals surface area contributed by atoms with Gasteiger partial charge in [0.1, 0.15) is 0 Å². The number of methoxy groups -OCH3 is 2. The zero-order valence-corrected chi connectivity index (χ0v) is 14.1. The zero-order valence-electron chi connectivity index (χ0n) is 13.2. The number of carbonyl (C=O) groups excluding carboxylic acids is 3. The molecule has 1 aliphatic heterocycles. The SMILES string of the molecule is COc1ccc(/C=C2\SC(=O)N(CCCC(=O)[O-])C2=O)cc1OC. The molecule has 7 nitrogen and oxygen atoms in total. The summed E-state index contributed by atoms with van der Waals surface area (Å²) in [5.74, 6) is -0.564. The Bertz CT molecular complexity index is 700. The number of nitrogens with zero attached hydrogens (tertiary/aromatic N) is 1. The number of benzene rings is 1. The van der Waals surface area contributed by atoms with Gasteiger partial charge in [0.25, 0.3) is 11.1 Å². The minimum atomic E-state index is -1.21. The smallest absolute Gasteiger partial charge is 0.293 e. The van der Waals surface area contributed by atoms with E-state index in [2.05, 4.69) is 0 Å². The van der Waals surface area contributed by atoms with Gasteiger partial charge in [0.15, 0.2) is 11.5 Å². The molecule has 1 aliphatic rings. The Balaban J connectivity index is 2.14. The molecule has 0 aromatic heterocycles. The van der Waals surface area contributed by atoms with Crippen LogP contribution in [0.25, 0.3) is 6.08 Å². The van der Waals surface area contributed by atoms with Crippen LogP contribution in [0.2, 0.25) is 0 Å². The van der Waals surface area contributed by atoms with Crippen LogP contribution in [0.3, 0.4) is 0 Å². The van der Waals surface area contributed by atoms with E-state index in [1.54, 1.807) is 24.3 Å². The number of amides is 2. The number of ether oxygens (including phenoxy) is 2. The highest BCUT2D eigenvalue weighted by molar-refractivity contribution is 8.18. The average Bonchev–Trinajstić information content (AvgIpc) is 2.81. The summed E-state index contributed by atoms with van der Waals surface area (Å²) in [4.78, 5) is 35.9. The van der Waals surface area contributed by atoms with Crippen molar-refractivity contribution >= 4 is 35.0 Å². The highest BCUT2D eigenvalue weighted by atomic mass is 32.2. The van der Waals surface area contributed by atoms with Gasteiger partial charge in [-0.3, -0.25) is 14.5 Å². The molecule has 0 N–H and O–H groups in total. The van der Waals surface area contributed by atoms with Crippen LogP contribution >= 0.6 is 11.8 Å². The van der Waals surface area contributed by atoms with Crippen molar-refractivity contribution in [3.63, 3.8) is 0 Å². The summed E-state index contributed by atoms with van der Waals surface area (Å²) in [6, 6.07) is 5.14. The zero-order chi connectivity index (χ0) is 17.7. The first-order chi connectivity index (χ1) is 11.5. The van der Waals surface area contributed by atoms with Gasteiger partial charge in [0.2, 0.25) is 0 Å². The predicted octanol–water partition coefficient (Wildman–Crippen LogP) is 1.27. The summed E-state index contributed by atoms with van der Waals surface area (Å²) in [5.41, 5.74) is 0.688. The third kappa shape index (κ3) is 4.08. The second-order valence-electron chi connectivity index (χ2n) is 4.92. The summed E-state index contributed by atoms with van der Waals surface area (Å²) >= 11 is 0.822. The molecule has 1 saturated heterocycles. The third-order valence-corrected chi connectivity index (χ3v) is 4.25. The van der Waals surface area contributed by atoms with Crippen LogP contribution < -0.4 is 14.6 Å². The first kappa shape index (κ1) is 17.9. The number of rotatable bonds is 7. The van der Waals surface area contributed by atoms with Gasteiger partial charge in [-0.15, -0.1) is 0 Å². The number of hydrogen-bond acceptors (Lipinski definition) is 7. The Morgan fingerprint density at radius 1 is 1.25 bits per heavy atom. The van der Waals surface area contributed by atoms with E-state index in [1.165, 1.54) is 14.2 Å². The van der Waals surface area contributed by atoms with E-state index < -0.39 is 17.1 Å². The molecule has 2 amide bonds. The number of hydrogen-bond donors (Lipinski definition) is 0. The monoisotopic (exact) mass is 350 g/mol. The van der Waals surface area contributed by atoms with Crippen molar-refractivity contribution in [3.05, 3.63) is 28.7 Å². The standard InChI is InChI=1S/C16H17NO6S/c1-22-11-6-5-10(8-12(11)23-2)9-13-15(20)17(16(21)24-13)7-3-4-14(18)19/h5-6,8-9H,3-4,7H2,1-2H3,(H,18,19)/p-1/b13-9-. The second kappa shape index (κ2) is 7.87. The lowest BCUT2D eigenvalue weighted by atomic mass is 10.2. The molecule has 0 aliphatic carbocycles. The van der Waals surface area contributed by atoms with Crippen molar-refractivity contribution in [1.29, 1.82) is 0 Å². The van der Waals surface area contributed by atoms with E-state index in [4.69, 9.17) is 9.47 Å². The fourth-order valence-electron chi connectivity index (χ4n) is 2.17. The van der Waals surface area contributed by atoms with Gasteiger partial charge in [0, 0.05) is 12.5 Å². The molecule has 1 aromatic carbocycles. The Morgan fingerprint density at radius 3 is 2.58 bits per heavy atom. The van der Waals surface area contributed by atoms with Crippen LogP contribution in [0.4, 0.5) is 4.79 Å². The summed E-state index contributed by atoms with van der Waals surface area (Å²) in [7, 11) is 3.03. The predicted molar refractivity (Wildman–Crippen MR) is 86.5 cm³/mol. The van der Waals surface area contributed by atoms with Crippen LogP contribution in [0.15, 0.2) is 23.1 Å². The van der Waals surface area contributed by atoms with Crippen LogP contribution in [-0.2, 0) is 9.59 Å². The number of thioether (sulfide) groups is 1. The lowest BCUT2D eigenvalue weighted by molar-refractivity contribution is -0.305. The van der Waals surface area contributed by atoms with Gasteiger partial charge in [-0.1, -0.05) is 6.07 Å². The molecular formula is C16H16NO6S-. The lowest BCUT2D eigenvalue weighted by Gasteiger charge is -2.12. The van der Waals surface area contributed by atoms with Crippen LogP contribution in [0, 0.1) is 0 Å². The lowest BCUT2D eigenvalue weighted by Crippen LogP contribution is -2.30.